The van der Waals surface area contributed by atoms with Crippen LogP contribution in [0.5, 0.6) is 0 Å². The van der Waals surface area contributed by atoms with Crippen LogP contribution in [0.1, 0.15) is 51.0 Å². The number of primary sulfonamides is 1. The van der Waals surface area contributed by atoms with Crippen molar-refractivity contribution in [3.63, 3.8) is 0 Å². The maximum absolute atomic E-state index is 11.9. The molecule has 1 aliphatic carbocycles. The molecule has 0 amide bonds. The van der Waals surface area contributed by atoms with Gasteiger partial charge in [-0.1, -0.05) is 50.3 Å². The van der Waals surface area contributed by atoms with E-state index in [1.807, 2.05) is 24.3 Å². The third-order valence-corrected chi connectivity index (χ3v) is 7.78. The van der Waals surface area contributed by atoms with Crippen molar-refractivity contribution in [2.75, 3.05) is 5.01 Å². The van der Waals surface area contributed by atoms with Crippen LogP contribution in [0.3, 0.4) is 0 Å². The number of para-hydroxylation sites is 1. The van der Waals surface area contributed by atoms with Gasteiger partial charge in [0.2, 0.25) is 14.7 Å². The van der Waals surface area contributed by atoms with E-state index in [4.69, 9.17) is 10.9 Å². The summed E-state index contributed by atoms with van der Waals surface area (Å²) in [7, 11) is -3.83. The highest BCUT2D eigenvalue weighted by atomic mass is 32.3. The van der Waals surface area contributed by atoms with E-state index < -0.39 is 14.7 Å². The number of nitrogens with zero attached hydrogens (tertiary/aromatic N) is 2. The molecule has 7 nitrogen and oxygen atoms in total. The van der Waals surface area contributed by atoms with Crippen molar-refractivity contribution >= 4 is 32.6 Å². The van der Waals surface area contributed by atoms with Crippen molar-refractivity contribution in [1.29, 1.82) is 0 Å². The van der Waals surface area contributed by atoms with Gasteiger partial charge in [-0.2, -0.15) is 0 Å². The topological polar surface area (TPSA) is 114 Å². The Morgan fingerprint density at radius 2 is 2.00 bits per heavy atom. The lowest BCUT2D eigenvalue weighted by Gasteiger charge is -2.26. The Hall–Kier alpha value is -1.29. The van der Waals surface area contributed by atoms with Gasteiger partial charge < -0.3 is 11.1 Å². The van der Waals surface area contributed by atoms with E-state index in [9.17, 15) is 8.42 Å². The predicted molar refractivity (Wildman–Crippen MR) is 113 cm³/mol. The maximum Gasteiger partial charge on any atom is 0.242 e. The Kier molecular flexibility index (Phi) is 6.67. The fraction of sp³-hybridized carbons (Fsp3) is 0.611. The van der Waals surface area contributed by atoms with Crippen LogP contribution in [-0.4, -0.2) is 24.3 Å². The highest BCUT2D eigenvalue weighted by Crippen LogP contribution is 2.34. The first-order valence-electron chi connectivity index (χ1n) is 9.47. The number of nitrogens with two attached hydrogens (primary N) is 2. The molecule has 5 N–H and O–H groups in total. The van der Waals surface area contributed by atoms with E-state index in [1.54, 1.807) is 0 Å². The zero-order valence-corrected chi connectivity index (χ0v) is 17.3. The number of benzene rings is 1. The van der Waals surface area contributed by atoms with Crippen molar-refractivity contribution < 1.29 is 8.42 Å². The number of amidine groups is 1. The summed E-state index contributed by atoms with van der Waals surface area (Å²) >= 11 is 0.952. The molecule has 0 saturated heterocycles. The van der Waals surface area contributed by atoms with E-state index in [0.29, 0.717) is 18.3 Å². The van der Waals surface area contributed by atoms with E-state index in [-0.39, 0.29) is 5.17 Å². The van der Waals surface area contributed by atoms with Gasteiger partial charge in [-0.05, 0) is 42.7 Å². The zero-order chi connectivity index (χ0) is 19.4. The highest BCUT2D eigenvalue weighted by molar-refractivity contribution is 8.22. The molecule has 27 heavy (non-hydrogen) atoms. The fourth-order valence-corrected chi connectivity index (χ4v) is 5.75. The highest BCUT2D eigenvalue weighted by Gasteiger charge is 2.37. The van der Waals surface area contributed by atoms with Gasteiger partial charge in [-0.25, -0.2) is 18.6 Å². The minimum absolute atomic E-state index is 0.197. The molecular formula is C18H29N5O2S2. The number of nitrogens with one attached hydrogen (secondary N) is 1. The molecule has 1 saturated carbocycles. The summed E-state index contributed by atoms with van der Waals surface area (Å²) in [6.07, 6.45) is 7.90. The van der Waals surface area contributed by atoms with Gasteiger partial charge in [-0.15, -0.1) is 5.10 Å². The first kappa shape index (κ1) is 20.4. The Morgan fingerprint density at radius 3 is 2.70 bits per heavy atom. The Bertz CT molecular complexity index is 778. The molecule has 9 heteroatoms. The molecule has 2 atom stereocenters. The second-order valence-corrected chi connectivity index (χ2v) is 10.5. The molecule has 1 aliphatic heterocycles. The molecule has 2 aliphatic rings. The summed E-state index contributed by atoms with van der Waals surface area (Å²) in [5, 5.41) is 14.8. The fourth-order valence-electron chi connectivity index (χ4n) is 3.88. The third-order valence-electron chi connectivity index (χ3n) is 5.20. The molecule has 0 spiro atoms. The number of hydrogen-bond donors (Lipinski definition) is 3. The van der Waals surface area contributed by atoms with Gasteiger partial charge >= 0.3 is 0 Å². The maximum atomic E-state index is 11.9. The molecule has 0 radical (unpaired) electrons. The van der Waals surface area contributed by atoms with Gasteiger partial charge in [0.15, 0.2) is 5.17 Å². The number of thioether (sulfide) groups is 1. The van der Waals surface area contributed by atoms with Crippen LogP contribution in [0.2, 0.25) is 0 Å². The average Bonchev–Trinajstić information content (AvgIpc) is 3.03. The molecule has 0 aromatic heterocycles. The minimum Gasteiger partial charge on any atom is -0.377 e. The monoisotopic (exact) mass is 411 g/mol. The largest absolute Gasteiger partial charge is 0.377 e. The van der Waals surface area contributed by atoms with Gasteiger partial charge in [0.05, 0.1) is 5.69 Å². The van der Waals surface area contributed by atoms with Gasteiger partial charge in [-0.3, -0.25) is 0 Å². The first-order valence-corrected chi connectivity index (χ1v) is 12.0. The van der Waals surface area contributed by atoms with Gasteiger partial charge in [0, 0.05) is 12.6 Å². The third kappa shape index (κ3) is 5.37. The number of hydrazone groups is 1. The second kappa shape index (κ2) is 8.81. The summed E-state index contributed by atoms with van der Waals surface area (Å²) in [4.78, 5) is 0. The van der Waals surface area contributed by atoms with Crippen molar-refractivity contribution in [2.45, 2.75) is 62.7 Å². The Labute approximate surface area is 166 Å². The summed E-state index contributed by atoms with van der Waals surface area (Å²) < 4.78 is 22.8. The standard InChI is InChI=1S/C18H29N5O2S2/c1-13(11-14-7-3-2-4-8-14)21-12-15-9-5-6-10-16(15)23-18(27(20,24)25)26-17(19)22-23/h5-6,9-10,13-14,18,21H,2-4,7-8,11-12H2,1H3,(H2,19,22)(H2,20,24,25)/t13-,18?/m0/s1. The van der Waals surface area contributed by atoms with E-state index in [2.05, 4.69) is 17.3 Å². The second-order valence-electron chi connectivity index (χ2n) is 7.45. The average molecular weight is 412 g/mol. The van der Waals surface area contributed by atoms with Crippen molar-refractivity contribution in [3.05, 3.63) is 29.8 Å². The number of rotatable bonds is 7. The number of anilines is 1. The lowest BCUT2D eigenvalue weighted by atomic mass is 9.85. The molecule has 1 aromatic carbocycles. The molecule has 150 valence electrons. The van der Waals surface area contributed by atoms with Crippen LogP contribution in [0.4, 0.5) is 5.69 Å². The number of hydrogen-bond acceptors (Lipinski definition) is 7. The summed E-state index contributed by atoms with van der Waals surface area (Å²) in [6, 6.07) is 8.03. The predicted octanol–water partition coefficient (Wildman–Crippen LogP) is 2.49. The van der Waals surface area contributed by atoms with Crippen LogP contribution < -0.4 is 21.2 Å². The van der Waals surface area contributed by atoms with Crippen molar-refractivity contribution in [2.24, 2.45) is 21.9 Å². The van der Waals surface area contributed by atoms with E-state index in [1.165, 1.54) is 43.5 Å². The van der Waals surface area contributed by atoms with Crippen LogP contribution in [0.25, 0.3) is 0 Å². The van der Waals surface area contributed by atoms with Gasteiger partial charge in [0.1, 0.15) is 0 Å². The van der Waals surface area contributed by atoms with Crippen LogP contribution in [-0.2, 0) is 16.6 Å². The van der Waals surface area contributed by atoms with Gasteiger partial charge in [0.25, 0.3) is 0 Å². The quantitative estimate of drug-likeness (QED) is 0.635. The molecular weight excluding hydrogens is 382 g/mol. The molecule has 1 heterocycles. The van der Waals surface area contributed by atoms with E-state index >= 15 is 0 Å². The van der Waals surface area contributed by atoms with Crippen LogP contribution in [0.15, 0.2) is 29.4 Å². The zero-order valence-electron chi connectivity index (χ0n) is 15.7. The first-order chi connectivity index (χ1) is 12.8. The molecule has 1 aromatic rings. The molecule has 1 unspecified atom stereocenters. The normalized spacial score (nSPS) is 22.7. The van der Waals surface area contributed by atoms with E-state index in [0.717, 1.165) is 23.2 Å². The van der Waals surface area contributed by atoms with Crippen molar-refractivity contribution in [1.82, 2.24) is 5.32 Å². The summed E-state index contributed by atoms with van der Waals surface area (Å²) in [6.45, 7) is 2.85. The number of sulfonamides is 1. The van der Waals surface area contributed by atoms with Crippen molar-refractivity contribution in [3.8, 4) is 0 Å². The molecule has 0 bridgehead atoms. The minimum atomic E-state index is -3.83. The molecule has 1 fully saturated rings. The lowest BCUT2D eigenvalue weighted by Crippen LogP contribution is -2.37. The smallest absolute Gasteiger partial charge is 0.242 e. The Morgan fingerprint density at radius 1 is 1.30 bits per heavy atom. The van der Waals surface area contributed by atoms with Crippen LogP contribution in [0, 0.1) is 5.92 Å². The summed E-state index contributed by atoms with van der Waals surface area (Å²) in [5.41, 5.74) is 7.44. The molecule has 3 rings (SSSR count). The Balaban J connectivity index is 1.68. The lowest BCUT2D eigenvalue weighted by molar-refractivity contribution is 0.304. The van der Waals surface area contributed by atoms with Crippen LogP contribution >= 0.6 is 11.8 Å². The SMILES string of the molecule is C[C@@H](CC1CCCCC1)NCc1ccccc1N1N=C(N)SC1S(N)(=O)=O. The summed E-state index contributed by atoms with van der Waals surface area (Å²) in [5.74, 6) is 0.808.